The number of carbonyl (C=O) groups excluding carboxylic acids is 1. The normalized spacial score (nSPS) is 46.1. The minimum atomic E-state index is -0.229. The van der Waals surface area contributed by atoms with E-state index in [0.717, 1.165) is 0 Å². The number of aliphatic hydroxyl groups is 1. The molecule has 3 saturated carbocycles. The van der Waals surface area contributed by atoms with E-state index in [1.807, 2.05) is 0 Å². The second-order valence-electron chi connectivity index (χ2n) is 5.92. The Kier molecular flexibility index (Phi) is 2.25. The zero-order valence-corrected chi connectivity index (χ0v) is 10.1. The summed E-state index contributed by atoms with van der Waals surface area (Å²) in [7, 11) is 0. The summed E-state index contributed by atoms with van der Waals surface area (Å²) < 4.78 is 0. The Labute approximate surface area is 96.7 Å². The van der Waals surface area contributed by atoms with Gasteiger partial charge in [0.2, 0.25) is 0 Å². The predicted molar refractivity (Wildman–Crippen MR) is 61.8 cm³/mol. The van der Waals surface area contributed by atoms with Crippen LogP contribution in [0.3, 0.4) is 0 Å². The average molecular weight is 220 g/mol. The summed E-state index contributed by atoms with van der Waals surface area (Å²) in [6.07, 6.45) is 3.43. The van der Waals surface area contributed by atoms with Crippen molar-refractivity contribution in [2.45, 2.75) is 45.6 Å². The summed E-state index contributed by atoms with van der Waals surface area (Å²) in [5, 5.41) is 10.1. The molecular formula is C14H20O2. The highest BCUT2D eigenvalue weighted by Crippen LogP contribution is 2.60. The first-order valence-electron chi connectivity index (χ1n) is 6.49. The van der Waals surface area contributed by atoms with Crippen LogP contribution in [0.4, 0.5) is 0 Å². The van der Waals surface area contributed by atoms with Crippen molar-refractivity contribution in [2.75, 3.05) is 0 Å². The zero-order chi connectivity index (χ0) is 11.4. The van der Waals surface area contributed by atoms with Crippen molar-refractivity contribution >= 4 is 5.78 Å². The highest BCUT2D eigenvalue weighted by atomic mass is 16.3. The van der Waals surface area contributed by atoms with Crippen LogP contribution in [0.2, 0.25) is 0 Å². The van der Waals surface area contributed by atoms with Gasteiger partial charge in [-0.2, -0.15) is 0 Å². The number of ketones is 1. The molecule has 2 nitrogen and oxygen atoms in total. The number of allylic oxidation sites excluding steroid dienone is 2. The quantitative estimate of drug-likeness (QED) is 0.636. The molecule has 1 N–H and O–H groups in total. The van der Waals surface area contributed by atoms with Crippen LogP contribution in [0.25, 0.3) is 0 Å². The molecule has 16 heavy (non-hydrogen) atoms. The molecule has 3 rings (SSSR count). The molecule has 0 aromatic heterocycles. The molecule has 0 aliphatic heterocycles. The molecule has 0 heterocycles. The van der Waals surface area contributed by atoms with Crippen molar-refractivity contribution < 1.29 is 9.90 Å². The van der Waals surface area contributed by atoms with Crippen LogP contribution in [0, 0.1) is 23.7 Å². The fraction of sp³-hybridized carbons (Fsp3) is 0.786. The van der Waals surface area contributed by atoms with E-state index in [9.17, 15) is 9.90 Å². The van der Waals surface area contributed by atoms with Crippen LogP contribution < -0.4 is 0 Å². The third-order valence-corrected chi connectivity index (χ3v) is 4.98. The van der Waals surface area contributed by atoms with Gasteiger partial charge < -0.3 is 5.11 Å². The van der Waals surface area contributed by atoms with Gasteiger partial charge in [-0.05, 0) is 44.9 Å². The van der Waals surface area contributed by atoms with Crippen LogP contribution in [-0.2, 0) is 4.79 Å². The van der Waals surface area contributed by atoms with E-state index in [4.69, 9.17) is 0 Å². The smallest absolute Gasteiger partial charge is 0.137 e. The van der Waals surface area contributed by atoms with Crippen molar-refractivity contribution in [1.82, 2.24) is 0 Å². The Morgan fingerprint density at radius 3 is 2.50 bits per heavy atom. The van der Waals surface area contributed by atoms with Gasteiger partial charge in [-0.25, -0.2) is 0 Å². The number of Topliss-reactive ketones (excluding diaryl/α,β-unsaturated/α-hetero) is 1. The standard InChI is InChI=1S/C14H20O2/c1-7(2)12-8-3-4-9(12)14-11(16)6-5-10(15)13(8)14/h8-10,13-15H,3-6H2,1-2H3. The molecule has 0 aromatic carbocycles. The molecule has 2 heteroatoms. The summed E-state index contributed by atoms with van der Waals surface area (Å²) in [5.74, 6) is 1.82. The van der Waals surface area contributed by atoms with Gasteiger partial charge in [0.15, 0.2) is 0 Å². The van der Waals surface area contributed by atoms with Crippen molar-refractivity contribution in [1.29, 1.82) is 0 Å². The maximum absolute atomic E-state index is 12.0. The van der Waals surface area contributed by atoms with Crippen LogP contribution in [-0.4, -0.2) is 17.0 Å². The van der Waals surface area contributed by atoms with Gasteiger partial charge in [0.05, 0.1) is 6.10 Å². The number of carbonyl (C=O) groups is 1. The topological polar surface area (TPSA) is 37.3 Å². The first-order valence-corrected chi connectivity index (χ1v) is 6.49. The number of aliphatic hydroxyl groups excluding tert-OH is 1. The third kappa shape index (κ3) is 1.20. The van der Waals surface area contributed by atoms with Crippen molar-refractivity contribution in [3.63, 3.8) is 0 Å². The molecule has 0 radical (unpaired) electrons. The summed E-state index contributed by atoms with van der Waals surface area (Å²) in [4.78, 5) is 12.0. The van der Waals surface area contributed by atoms with E-state index in [-0.39, 0.29) is 17.9 Å². The number of hydrogen-bond acceptors (Lipinski definition) is 2. The Hall–Kier alpha value is -0.630. The van der Waals surface area contributed by atoms with Gasteiger partial charge in [-0.15, -0.1) is 0 Å². The van der Waals surface area contributed by atoms with Gasteiger partial charge in [-0.1, -0.05) is 11.1 Å². The lowest BCUT2D eigenvalue weighted by atomic mass is 9.69. The van der Waals surface area contributed by atoms with Crippen molar-refractivity contribution in [3.8, 4) is 0 Å². The number of rotatable bonds is 0. The lowest BCUT2D eigenvalue weighted by Crippen LogP contribution is -2.41. The predicted octanol–water partition coefficient (Wildman–Crippen LogP) is 2.32. The first kappa shape index (κ1) is 10.5. The van der Waals surface area contributed by atoms with E-state index in [1.54, 1.807) is 0 Å². The molecule has 0 saturated heterocycles. The molecule has 88 valence electrons. The zero-order valence-electron chi connectivity index (χ0n) is 10.1. The Bertz CT molecular complexity index is 365. The van der Waals surface area contributed by atoms with Crippen molar-refractivity contribution in [2.24, 2.45) is 23.7 Å². The van der Waals surface area contributed by atoms with Gasteiger partial charge >= 0.3 is 0 Å². The third-order valence-electron chi connectivity index (χ3n) is 4.98. The second kappa shape index (κ2) is 3.43. The number of hydrogen-bond donors (Lipinski definition) is 1. The lowest BCUT2D eigenvalue weighted by Gasteiger charge is -2.36. The summed E-state index contributed by atoms with van der Waals surface area (Å²) >= 11 is 0. The molecule has 3 aliphatic rings. The fourth-order valence-corrected chi connectivity index (χ4v) is 4.57. The van der Waals surface area contributed by atoms with E-state index >= 15 is 0 Å². The van der Waals surface area contributed by atoms with E-state index in [0.29, 0.717) is 30.5 Å². The van der Waals surface area contributed by atoms with Gasteiger partial charge in [0.25, 0.3) is 0 Å². The second-order valence-corrected chi connectivity index (χ2v) is 5.92. The molecule has 5 atom stereocenters. The molecule has 2 bridgehead atoms. The van der Waals surface area contributed by atoms with Gasteiger partial charge in [-0.3, -0.25) is 4.79 Å². The maximum atomic E-state index is 12.0. The van der Waals surface area contributed by atoms with Crippen LogP contribution >= 0.6 is 0 Å². The molecular weight excluding hydrogens is 200 g/mol. The molecule has 0 amide bonds. The number of fused-ring (bicyclic) bond motifs is 5. The summed E-state index contributed by atoms with van der Waals surface area (Å²) in [6.45, 7) is 4.32. The minimum Gasteiger partial charge on any atom is -0.393 e. The monoisotopic (exact) mass is 220 g/mol. The molecule has 5 unspecified atom stereocenters. The lowest BCUT2D eigenvalue weighted by molar-refractivity contribution is -0.133. The summed E-state index contributed by atoms with van der Waals surface area (Å²) in [6, 6.07) is 0. The Morgan fingerprint density at radius 2 is 1.88 bits per heavy atom. The Balaban J connectivity index is 2.04. The van der Waals surface area contributed by atoms with Crippen LogP contribution in [0.1, 0.15) is 39.5 Å². The highest BCUT2D eigenvalue weighted by Gasteiger charge is 2.57. The average Bonchev–Trinajstić information content (AvgIpc) is 2.79. The molecule has 0 aromatic rings. The molecule has 3 aliphatic carbocycles. The largest absolute Gasteiger partial charge is 0.393 e. The maximum Gasteiger partial charge on any atom is 0.137 e. The van der Waals surface area contributed by atoms with E-state index in [2.05, 4.69) is 13.8 Å². The minimum absolute atomic E-state index is 0.160. The fourth-order valence-electron chi connectivity index (χ4n) is 4.57. The van der Waals surface area contributed by atoms with Crippen molar-refractivity contribution in [3.05, 3.63) is 11.1 Å². The molecule has 3 fully saturated rings. The Morgan fingerprint density at radius 1 is 1.19 bits per heavy atom. The first-order chi connectivity index (χ1) is 7.61. The van der Waals surface area contributed by atoms with Gasteiger partial charge in [0.1, 0.15) is 5.78 Å². The molecule has 0 spiro atoms. The SMILES string of the molecule is CC(C)=C1C2CCC1C1C(O)CCC(=O)C21. The van der Waals surface area contributed by atoms with E-state index in [1.165, 1.54) is 24.0 Å². The van der Waals surface area contributed by atoms with Gasteiger partial charge in [0, 0.05) is 18.3 Å². The van der Waals surface area contributed by atoms with Crippen LogP contribution in [0.15, 0.2) is 11.1 Å². The summed E-state index contributed by atoms with van der Waals surface area (Å²) in [5.41, 5.74) is 2.91. The van der Waals surface area contributed by atoms with E-state index < -0.39 is 0 Å². The highest BCUT2D eigenvalue weighted by molar-refractivity contribution is 5.84. The van der Waals surface area contributed by atoms with Crippen LogP contribution in [0.5, 0.6) is 0 Å².